The summed E-state index contributed by atoms with van der Waals surface area (Å²) in [5, 5.41) is 14.3. The average molecular weight is 337 g/mol. The molecule has 1 N–H and O–H groups in total. The second-order valence-electron chi connectivity index (χ2n) is 5.99. The molecule has 0 bridgehead atoms. The fourth-order valence-electron chi connectivity index (χ4n) is 2.63. The molecule has 2 rings (SSSR count). The molecule has 1 unspecified atom stereocenters. The van der Waals surface area contributed by atoms with Crippen molar-refractivity contribution in [3.8, 4) is 0 Å². The number of methoxy groups -OCH3 is 1. The van der Waals surface area contributed by atoms with E-state index in [4.69, 9.17) is 0 Å². The molecular weight excluding hydrogens is 314 g/mol. The Bertz CT molecular complexity index is 602. The van der Waals surface area contributed by atoms with Crippen LogP contribution in [0.4, 0.5) is 11.5 Å². The molecule has 132 valence electrons. The van der Waals surface area contributed by atoms with Gasteiger partial charge in [0.2, 0.25) is 5.82 Å². The number of hydrogen-bond acceptors (Lipinski definition) is 8. The third-order valence-corrected chi connectivity index (χ3v) is 4.00. The Hall–Kier alpha value is -2.26. The van der Waals surface area contributed by atoms with Crippen molar-refractivity contribution >= 4 is 17.5 Å². The first-order valence-electron chi connectivity index (χ1n) is 7.81. The standard InChI is InChI=1S/C15H23N5O4/c1-11(10-19-6-4-18(2)5-7-19)17-14-13(20(22)23)8-12(9-16-14)15(21)24-3/h8-9,11H,4-7,10H2,1-3H3,(H,16,17). The van der Waals surface area contributed by atoms with Crippen molar-refractivity contribution < 1.29 is 14.5 Å². The number of aromatic nitrogens is 1. The normalized spacial score (nSPS) is 17.3. The number of ether oxygens (including phenoxy) is 1. The molecule has 9 nitrogen and oxygen atoms in total. The van der Waals surface area contributed by atoms with E-state index in [1.165, 1.54) is 19.4 Å². The number of hydrogen-bond donors (Lipinski definition) is 1. The van der Waals surface area contributed by atoms with Crippen LogP contribution in [0.3, 0.4) is 0 Å². The average Bonchev–Trinajstić information content (AvgIpc) is 2.56. The third-order valence-electron chi connectivity index (χ3n) is 4.00. The van der Waals surface area contributed by atoms with Gasteiger partial charge in [-0.15, -0.1) is 0 Å². The SMILES string of the molecule is COC(=O)c1cnc(NC(C)CN2CCN(C)CC2)c([N+](=O)[O-])c1. The topological polar surface area (TPSA) is 101 Å². The zero-order chi connectivity index (χ0) is 17.7. The van der Waals surface area contributed by atoms with E-state index in [2.05, 4.69) is 31.9 Å². The van der Waals surface area contributed by atoms with Gasteiger partial charge in [0.25, 0.3) is 0 Å². The van der Waals surface area contributed by atoms with Crippen molar-refractivity contribution in [3.63, 3.8) is 0 Å². The molecule has 1 fully saturated rings. The molecule has 0 spiro atoms. The summed E-state index contributed by atoms with van der Waals surface area (Å²) in [7, 11) is 3.31. The molecule has 1 aromatic rings. The fourth-order valence-corrected chi connectivity index (χ4v) is 2.63. The van der Waals surface area contributed by atoms with E-state index in [1.807, 2.05) is 6.92 Å². The van der Waals surface area contributed by atoms with Crippen LogP contribution in [0.25, 0.3) is 0 Å². The molecule has 0 amide bonds. The highest BCUT2D eigenvalue weighted by atomic mass is 16.6. The molecule has 9 heteroatoms. The third kappa shape index (κ3) is 4.62. The van der Waals surface area contributed by atoms with Gasteiger partial charge < -0.3 is 15.0 Å². The number of esters is 1. The van der Waals surface area contributed by atoms with Crippen molar-refractivity contribution in [2.24, 2.45) is 0 Å². The van der Waals surface area contributed by atoms with Gasteiger partial charge >= 0.3 is 11.7 Å². The smallest absolute Gasteiger partial charge is 0.339 e. The van der Waals surface area contributed by atoms with E-state index in [0.29, 0.717) is 0 Å². The van der Waals surface area contributed by atoms with Crippen LogP contribution in [0.2, 0.25) is 0 Å². The minimum absolute atomic E-state index is 0.0106. The highest BCUT2D eigenvalue weighted by Gasteiger charge is 2.22. The number of nitrogens with one attached hydrogen (secondary N) is 1. The first-order chi connectivity index (χ1) is 11.4. The highest BCUT2D eigenvalue weighted by molar-refractivity contribution is 5.90. The summed E-state index contributed by atoms with van der Waals surface area (Å²) in [5.41, 5.74) is -0.176. The molecule has 1 atom stereocenters. The van der Waals surface area contributed by atoms with E-state index in [1.54, 1.807) is 0 Å². The van der Waals surface area contributed by atoms with Crippen LogP contribution in [0.15, 0.2) is 12.3 Å². The lowest BCUT2D eigenvalue weighted by molar-refractivity contribution is -0.384. The number of rotatable bonds is 6. The molecule has 0 radical (unpaired) electrons. The second-order valence-corrected chi connectivity index (χ2v) is 5.99. The summed E-state index contributed by atoms with van der Waals surface area (Å²) in [6.07, 6.45) is 1.28. The largest absolute Gasteiger partial charge is 0.465 e. The molecular formula is C15H23N5O4. The molecule has 1 aliphatic heterocycles. The Kier molecular flexibility index (Phi) is 6.04. The Morgan fingerprint density at radius 3 is 2.71 bits per heavy atom. The van der Waals surface area contributed by atoms with Crippen molar-refractivity contribution in [1.29, 1.82) is 0 Å². The zero-order valence-corrected chi connectivity index (χ0v) is 14.2. The summed E-state index contributed by atoms with van der Waals surface area (Å²) >= 11 is 0. The van der Waals surface area contributed by atoms with Crippen LogP contribution in [-0.4, -0.2) is 78.6 Å². The number of carbonyl (C=O) groups is 1. The Balaban J connectivity index is 2.05. The lowest BCUT2D eigenvalue weighted by atomic mass is 10.2. The van der Waals surface area contributed by atoms with Crippen LogP contribution < -0.4 is 5.32 Å². The Labute approximate surface area is 140 Å². The van der Waals surface area contributed by atoms with Crippen molar-refractivity contribution in [1.82, 2.24) is 14.8 Å². The number of likely N-dealkylation sites (N-methyl/N-ethyl adjacent to an activating group) is 1. The van der Waals surface area contributed by atoms with Crippen LogP contribution in [-0.2, 0) is 4.74 Å². The van der Waals surface area contributed by atoms with Crippen molar-refractivity contribution in [2.75, 3.05) is 52.2 Å². The van der Waals surface area contributed by atoms with Gasteiger partial charge in [-0.25, -0.2) is 9.78 Å². The number of pyridine rings is 1. The minimum atomic E-state index is -0.650. The molecule has 0 saturated carbocycles. The predicted octanol–water partition coefficient (Wildman–Crippen LogP) is 0.824. The molecule has 1 aromatic heterocycles. The Morgan fingerprint density at radius 1 is 1.46 bits per heavy atom. The lowest BCUT2D eigenvalue weighted by Gasteiger charge is -2.34. The summed E-state index contributed by atoms with van der Waals surface area (Å²) < 4.78 is 4.57. The van der Waals surface area contributed by atoms with Gasteiger partial charge in [-0.3, -0.25) is 15.0 Å². The number of nitrogens with zero attached hydrogens (tertiary/aromatic N) is 4. The molecule has 2 heterocycles. The second kappa shape index (κ2) is 8.02. The van der Waals surface area contributed by atoms with Gasteiger partial charge in [0.1, 0.15) is 0 Å². The maximum atomic E-state index is 11.5. The van der Waals surface area contributed by atoms with Crippen LogP contribution in [0.5, 0.6) is 0 Å². The Morgan fingerprint density at radius 2 is 2.12 bits per heavy atom. The maximum Gasteiger partial charge on any atom is 0.339 e. The van der Waals surface area contributed by atoms with E-state index in [9.17, 15) is 14.9 Å². The van der Waals surface area contributed by atoms with E-state index < -0.39 is 10.9 Å². The minimum Gasteiger partial charge on any atom is -0.465 e. The van der Waals surface area contributed by atoms with Crippen LogP contribution >= 0.6 is 0 Å². The van der Waals surface area contributed by atoms with Crippen molar-refractivity contribution in [2.45, 2.75) is 13.0 Å². The molecule has 24 heavy (non-hydrogen) atoms. The molecule has 1 saturated heterocycles. The van der Waals surface area contributed by atoms with E-state index >= 15 is 0 Å². The monoisotopic (exact) mass is 337 g/mol. The predicted molar refractivity (Wildman–Crippen MR) is 89.3 cm³/mol. The number of nitro groups is 1. The number of carbonyl (C=O) groups excluding carboxylic acids is 1. The van der Waals surface area contributed by atoms with Gasteiger partial charge in [-0.1, -0.05) is 0 Å². The van der Waals surface area contributed by atoms with E-state index in [0.717, 1.165) is 32.7 Å². The van der Waals surface area contributed by atoms with Crippen molar-refractivity contribution in [3.05, 3.63) is 27.9 Å². The quantitative estimate of drug-likeness (QED) is 0.463. The fraction of sp³-hybridized carbons (Fsp3) is 0.600. The van der Waals surface area contributed by atoms with Crippen LogP contribution in [0, 0.1) is 10.1 Å². The first kappa shape index (κ1) is 18.1. The van der Waals surface area contributed by atoms with Gasteiger partial charge in [-0.2, -0.15) is 0 Å². The molecule has 1 aliphatic rings. The lowest BCUT2D eigenvalue weighted by Crippen LogP contribution is -2.47. The highest BCUT2D eigenvalue weighted by Crippen LogP contribution is 2.24. The molecule has 0 aromatic carbocycles. The van der Waals surface area contributed by atoms with E-state index in [-0.39, 0.29) is 23.1 Å². The van der Waals surface area contributed by atoms with Gasteiger partial charge in [0, 0.05) is 51.0 Å². The van der Waals surface area contributed by atoms with Gasteiger partial charge in [-0.05, 0) is 14.0 Å². The summed E-state index contributed by atoms with van der Waals surface area (Å²) in [5.74, 6) is -0.489. The van der Waals surface area contributed by atoms with Gasteiger partial charge in [0.05, 0.1) is 17.6 Å². The summed E-state index contributed by atoms with van der Waals surface area (Å²) in [4.78, 5) is 30.8. The number of piperazine rings is 1. The van der Waals surface area contributed by atoms with Gasteiger partial charge in [0.15, 0.2) is 0 Å². The molecule has 0 aliphatic carbocycles. The number of anilines is 1. The van der Waals surface area contributed by atoms with Crippen LogP contribution in [0.1, 0.15) is 17.3 Å². The first-order valence-corrected chi connectivity index (χ1v) is 7.81. The summed E-state index contributed by atoms with van der Waals surface area (Å²) in [6, 6.07) is 1.17. The zero-order valence-electron chi connectivity index (χ0n) is 14.2. The summed E-state index contributed by atoms with van der Waals surface area (Å²) in [6.45, 7) is 6.69. The maximum absolute atomic E-state index is 11.5.